The van der Waals surface area contributed by atoms with Gasteiger partial charge in [0.25, 0.3) is 5.56 Å². The number of aromatic nitrogens is 1. The second-order valence-electron chi connectivity index (χ2n) is 6.37. The SMILES string of the molecule is CC(=O)OC(c1cc2c3c(c1)c(C)cc(=O)n3CC2)(C(F)(F)F)C(F)(F)F. The van der Waals surface area contributed by atoms with Crippen molar-refractivity contribution in [3.8, 4) is 0 Å². The molecular weight excluding hydrogens is 380 g/mol. The van der Waals surface area contributed by atoms with Gasteiger partial charge in [-0.3, -0.25) is 9.59 Å². The number of alkyl halides is 6. The van der Waals surface area contributed by atoms with E-state index in [1.54, 1.807) is 0 Å². The van der Waals surface area contributed by atoms with Gasteiger partial charge >= 0.3 is 23.9 Å². The summed E-state index contributed by atoms with van der Waals surface area (Å²) in [5, 5.41) is 0.0737. The molecule has 0 aliphatic carbocycles. The van der Waals surface area contributed by atoms with Crippen molar-refractivity contribution in [2.45, 2.75) is 44.8 Å². The number of carbonyl (C=O) groups is 1. The van der Waals surface area contributed by atoms with E-state index in [1.165, 1.54) is 11.5 Å². The van der Waals surface area contributed by atoms with E-state index in [0.717, 1.165) is 6.07 Å². The highest BCUT2D eigenvalue weighted by Gasteiger charge is 2.75. The number of ether oxygens (including phenoxy) is 1. The van der Waals surface area contributed by atoms with Crippen LogP contribution in [0.3, 0.4) is 0 Å². The second-order valence-corrected chi connectivity index (χ2v) is 6.37. The molecule has 0 spiro atoms. The number of aryl methyl sites for hydroxylation is 3. The van der Waals surface area contributed by atoms with E-state index in [-0.39, 0.29) is 35.0 Å². The van der Waals surface area contributed by atoms with Gasteiger partial charge in [-0.1, -0.05) is 0 Å². The van der Waals surface area contributed by atoms with Gasteiger partial charge in [-0.05, 0) is 36.6 Å². The van der Waals surface area contributed by atoms with E-state index >= 15 is 0 Å². The van der Waals surface area contributed by atoms with Crippen LogP contribution >= 0.6 is 0 Å². The molecule has 1 aliphatic rings. The third-order valence-electron chi connectivity index (χ3n) is 4.60. The summed E-state index contributed by atoms with van der Waals surface area (Å²) in [6, 6.07) is 2.56. The first-order valence-electron chi connectivity index (χ1n) is 7.80. The molecule has 1 aromatic carbocycles. The van der Waals surface area contributed by atoms with Crippen LogP contribution in [-0.4, -0.2) is 22.9 Å². The summed E-state index contributed by atoms with van der Waals surface area (Å²) in [5.74, 6) is -1.72. The number of rotatable bonds is 2. The van der Waals surface area contributed by atoms with Gasteiger partial charge in [-0.15, -0.1) is 0 Å². The van der Waals surface area contributed by atoms with E-state index in [1.807, 2.05) is 0 Å². The van der Waals surface area contributed by atoms with Gasteiger partial charge in [0, 0.05) is 30.5 Å². The van der Waals surface area contributed by atoms with Crippen molar-refractivity contribution < 1.29 is 35.9 Å². The molecule has 4 nitrogen and oxygen atoms in total. The molecule has 0 N–H and O–H groups in total. The van der Waals surface area contributed by atoms with Gasteiger partial charge in [-0.2, -0.15) is 26.3 Å². The molecule has 0 radical (unpaired) electrons. The molecular formula is C17H13F6NO3. The largest absolute Gasteiger partial charge is 0.442 e. The lowest BCUT2D eigenvalue weighted by atomic mass is 9.88. The van der Waals surface area contributed by atoms with Crippen molar-refractivity contribution in [1.82, 2.24) is 4.57 Å². The van der Waals surface area contributed by atoms with E-state index in [4.69, 9.17) is 0 Å². The average molecular weight is 393 g/mol. The highest BCUT2D eigenvalue weighted by atomic mass is 19.4. The minimum atomic E-state index is -5.95. The Hall–Kier alpha value is -2.52. The molecule has 3 rings (SSSR count). The Kier molecular flexibility index (Phi) is 4.09. The van der Waals surface area contributed by atoms with Gasteiger partial charge in [0.1, 0.15) is 0 Å². The second kappa shape index (κ2) is 5.74. The fraction of sp³-hybridized carbons (Fsp3) is 0.412. The minimum absolute atomic E-state index is 0.0737. The first kappa shape index (κ1) is 19.2. The van der Waals surface area contributed by atoms with Crippen LogP contribution in [0.25, 0.3) is 10.9 Å². The quantitative estimate of drug-likeness (QED) is 0.577. The smallest absolute Gasteiger partial charge is 0.435 e. The van der Waals surface area contributed by atoms with E-state index in [2.05, 4.69) is 4.74 Å². The van der Waals surface area contributed by atoms with Crippen LogP contribution in [0, 0.1) is 6.92 Å². The van der Waals surface area contributed by atoms with Crippen molar-refractivity contribution in [3.63, 3.8) is 0 Å². The predicted molar refractivity (Wildman–Crippen MR) is 82.2 cm³/mol. The Morgan fingerprint density at radius 2 is 1.67 bits per heavy atom. The topological polar surface area (TPSA) is 48.3 Å². The third-order valence-corrected chi connectivity index (χ3v) is 4.60. The fourth-order valence-electron chi connectivity index (χ4n) is 3.49. The number of nitrogens with zero attached hydrogens (tertiary/aromatic N) is 1. The molecule has 0 saturated heterocycles. The number of esters is 1. The average Bonchev–Trinajstić information content (AvgIpc) is 2.92. The molecule has 0 unspecified atom stereocenters. The summed E-state index contributed by atoms with van der Waals surface area (Å²) in [7, 11) is 0. The lowest BCUT2D eigenvalue weighted by Crippen LogP contribution is -2.56. The van der Waals surface area contributed by atoms with E-state index in [0.29, 0.717) is 24.6 Å². The molecule has 1 aromatic heterocycles. The molecule has 146 valence electrons. The number of pyridine rings is 1. The predicted octanol–water partition coefficient (Wildman–Crippen LogP) is 3.75. The summed E-state index contributed by atoms with van der Waals surface area (Å²) in [5.41, 5.74) is -5.73. The van der Waals surface area contributed by atoms with Gasteiger partial charge in [-0.25, -0.2) is 0 Å². The first-order valence-corrected chi connectivity index (χ1v) is 7.80. The zero-order chi connectivity index (χ0) is 20.4. The summed E-state index contributed by atoms with van der Waals surface area (Å²) in [6.45, 7) is 2.05. The van der Waals surface area contributed by atoms with Crippen molar-refractivity contribution in [3.05, 3.63) is 45.2 Å². The molecule has 0 saturated carbocycles. The Balaban J connectivity index is 2.44. The summed E-state index contributed by atoms with van der Waals surface area (Å²) < 4.78 is 87.3. The molecule has 0 fully saturated rings. The van der Waals surface area contributed by atoms with Crippen LogP contribution in [-0.2, 0) is 28.1 Å². The fourth-order valence-corrected chi connectivity index (χ4v) is 3.49. The standard InChI is InChI=1S/C17H13F6NO3/c1-8-5-13(26)24-4-3-10-6-11(7-12(8)14(10)24)15(16(18,19)20,17(21,22)23)27-9(2)25/h5-7H,3-4H2,1-2H3. The molecule has 0 amide bonds. The Labute approximate surface area is 148 Å². The molecule has 10 heteroatoms. The van der Waals surface area contributed by atoms with Crippen LogP contribution < -0.4 is 5.56 Å². The normalized spacial score (nSPS) is 14.7. The van der Waals surface area contributed by atoms with E-state index < -0.39 is 29.5 Å². The maximum absolute atomic E-state index is 13.7. The van der Waals surface area contributed by atoms with Crippen LogP contribution in [0.1, 0.15) is 23.6 Å². The Morgan fingerprint density at radius 3 is 2.19 bits per heavy atom. The molecule has 0 bridgehead atoms. The minimum Gasteiger partial charge on any atom is -0.435 e. The monoisotopic (exact) mass is 393 g/mol. The van der Waals surface area contributed by atoms with Crippen LogP contribution in [0.4, 0.5) is 26.3 Å². The molecule has 27 heavy (non-hydrogen) atoms. The lowest BCUT2D eigenvalue weighted by Gasteiger charge is -2.36. The van der Waals surface area contributed by atoms with Gasteiger partial charge in [0.05, 0.1) is 5.52 Å². The number of carbonyl (C=O) groups excluding carboxylic acids is 1. The van der Waals surface area contributed by atoms with Gasteiger partial charge in [0.15, 0.2) is 0 Å². The van der Waals surface area contributed by atoms with E-state index in [9.17, 15) is 35.9 Å². The summed E-state index contributed by atoms with van der Waals surface area (Å²) >= 11 is 0. The number of benzene rings is 1. The number of hydrogen-bond donors (Lipinski definition) is 0. The molecule has 2 heterocycles. The Bertz CT molecular complexity index is 989. The van der Waals surface area contributed by atoms with Crippen molar-refractivity contribution in [1.29, 1.82) is 0 Å². The van der Waals surface area contributed by atoms with Crippen LogP contribution in [0.15, 0.2) is 23.0 Å². The first-order chi connectivity index (χ1) is 12.3. The summed E-state index contributed by atoms with van der Waals surface area (Å²) in [6.07, 6.45) is -11.8. The highest BCUT2D eigenvalue weighted by Crippen LogP contribution is 2.54. The van der Waals surface area contributed by atoms with Crippen LogP contribution in [0.5, 0.6) is 0 Å². The van der Waals surface area contributed by atoms with Crippen molar-refractivity contribution >= 4 is 16.9 Å². The van der Waals surface area contributed by atoms with Crippen molar-refractivity contribution in [2.24, 2.45) is 0 Å². The number of halogens is 6. The van der Waals surface area contributed by atoms with Gasteiger partial charge in [0.2, 0.25) is 0 Å². The maximum Gasteiger partial charge on any atom is 0.442 e. The third kappa shape index (κ3) is 2.69. The molecule has 1 aliphatic heterocycles. The lowest BCUT2D eigenvalue weighted by molar-refractivity contribution is -0.377. The maximum atomic E-state index is 13.7. The zero-order valence-corrected chi connectivity index (χ0v) is 14.1. The molecule has 2 aromatic rings. The Morgan fingerprint density at radius 1 is 1.07 bits per heavy atom. The zero-order valence-electron chi connectivity index (χ0n) is 14.1. The van der Waals surface area contributed by atoms with Crippen molar-refractivity contribution in [2.75, 3.05) is 0 Å². The molecule has 0 atom stereocenters. The van der Waals surface area contributed by atoms with Gasteiger partial charge < -0.3 is 9.30 Å². The summed E-state index contributed by atoms with van der Waals surface area (Å²) in [4.78, 5) is 23.2. The number of hydrogen-bond acceptors (Lipinski definition) is 3. The highest BCUT2D eigenvalue weighted by molar-refractivity contribution is 5.87. The van der Waals surface area contributed by atoms with Crippen LogP contribution in [0.2, 0.25) is 0 Å².